The molecular formula is C14H22O3. The standard InChI is InChI=1S/C14H22O3/c1-10(2)9-16-13(15)17-12-11(3)7-6-8-14(12,4)5/h1,6-9H2,2-5H3. The first-order chi connectivity index (χ1) is 7.83. The van der Waals surface area contributed by atoms with Gasteiger partial charge in [0, 0.05) is 5.41 Å². The molecule has 3 nitrogen and oxygen atoms in total. The van der Waals surface area contributed by atoms with Gasteiger partial charge in [0.25, 0.3) is 0 Å². The van der Waals surface area contributed by atoms with Crippen LogP contribution in [-0.4, -0.2) is 12.8 Å². The Bertz CT molecular complexity index is 350. The summed E-state index contributed by atoms with van der Waals surface area (Å²) in [5.41, 5.74) is 1.87. The zero-order chi connectivity index (χ0) is 13.1. The molecule has 0 aliphatic heterocycles. The number of carbonyl (C=O) groups is 1. The Hall–Kier alpha value is -1.25. The van der Waals surface area contributed by atoms with Crippen LogP contribution in [0.1, 0.15) is 47.0 Å². The van der Waals surface area contributed by atoms with E-state index in [0.29, 0.717) is 0 Å². The van der Waals surface area contributed by atoms with Crippen LogP contribution in [0.25, 0.3) is 0 Å². The van der Waals surface area contributed by atoms with Crippen LogP contribution < -0.4 is 0 Å². The highest BCUT2D eigenvalue weighted by atomic mass is 16.7. The molecule has 1 aliphatic carbocycles. The zero-order valence-electron chi connectivity index (χ0n) is 11.3. The fourth-order valence-electron chi connectivity index (χ4n) is 2.12. The van der Waals surface area contributed by atoms with Crippen molar-refractivity contribution in [2.45, 2.75) is 47.0 Å². The van der Waals surface area contributed by atoms with Gasteiger partial charge in [-0.3, -0.25) is 0 Å². The number of rotatable bonds is 3. The highest BCUT2D eigenvalue weighted by molar-refractivity contribution is 5.62. The lowest BCUT2D eigenvalue weighted by Gasteiger charge is -2.32. The Balaban J connectivity index is 2.65. The Labute approximate surface area is 103 Å². The minimum Gasteiger partial charge on any atom is -0.429 e. The highest BCUT2D eigenvalue weighted by Crippen LogP contribution is 2.40. The minimum absolute atomic E-state index is 0.0788. The van der Waals surface area contributed by atoms with Crippen molar-refractivity contribution in [2.75, 3.05) is 6.61 Å². The molecule has 0 saturated carbocycles. The Kier molecular flexibility index (Phi) is 4.38. The second-order valence-corrected chi connectivity index (χ2v) is 5.44. The van der Waals surface area contributed by atoms with Crippen molar-refractivity contribution in [2.24, 2.45) is 5.41 Å². The van der Waals surface area contributed by atoms with E-state index in [1.54, 1.807) is 0 Å². The van der Waals surface area contributed by atoms with E-state index in [1.807, 2.05) is 13.8 Å². The molecular weight excluding hydrogens is 216 g/mol. The second-order valence-electron chi connectivity index (χ2n) is 5.44. The van der Waals surface area contributed by atoms with E-state index >= 15 is 0 Å². The normalized spacial score (nSPS) is 18.8. The van der Waals surface area contributed by atoms with Crippen LogP contribution in [0, 0.1) is 5.41 Å². The van der Waals surface area contributed by atoms with E-state index in [2.05, 4.69) is 20.4 Å². The van der Waals surface area contributed by atoms with Crippen LogP contribution in [0.15, 0.2) is 23.5 Å². The Morgan fingerprint density at radius 2 is 2.12 bits per heavy atom. The molecule has 0 unspecified atom stereocenters. The second kappa shape index (κ2) is 5.39. The summed E-state index contributed by atoms with van der Waals surface area (Å²) in [6, 6.07) is 0. The number of ether oxygens (including phenoxy) is 2. The van der Waals surface area contributed by atoms with Crippen molar-refractivity contribution in [1.29, 1.82) is 0 Å². The summed E-state index contributed by atoms with van der Waals surface area (Å²) in [4.78, 5) is 11.5. The quantitative estimate of drug-likeness (QED) is 0.546. The highest BCUT2D eigenvalue weighted by Gasteiger charge is 2.32. The molecule has 1 rings (SSSR count). The predicted molar refractivity (Wildman–Crippen MR) is 67.6 cm³/mol. The molecule has 0 spiro atoms. The van der Waals surface area contributed by atoms with Gasteiger partial charge in [0.05, 0.1) is 0 Å². The van der Waals surface area contributed by atoms with Gasteiger partial charge in [-0.2, -0.15) is 0 Å². The predicted octanol–water partition coefficient (Wildman–Crippen LogP) is 4.20. The van der Waals surface area contributed by atoms with Crippen molar-refractivity contribution in [1.82, 2.24) is 0 Å². The van der Waals surface area contributed by atoms with Gasteiger partial charge >= 0.3 is 6.16 Å². The van der Waals surface area contributed by atoms with Gasteiger partial charge in [-0.1, -0.05) is 20.4 Å². The lowest BCUT2D eigenvalue weighted by molar-refractivity contribution is 0.0631. The van der Waals surface area contributed by atoms with Crippen LogP contribution in [0.3, 0.4) is 0 Å². The van der Waals surface area contributed by atoms with Gasteiger partial charge in [-0.15, -0.1) is 0 Å². The third kappa shape index (κ3) is 3.91. The maximum Gasteiger partial charge on any atom is 0.513 e. The van der Waals surface area contributed by atoms with Crippen molar-refractivity contribution in [3.05, 3.63) is 23.5 Å². The third-order valence-corrected chi connectivity index (χ3v) is 2.98. The molecule has 0 aromatic heterocycles. The summed E-state index contributed by atoms with van der Waals surface area (Å²) in [7, 11) is 0. The first kappa shape index (κ1) is 13.8. The van der Waals surface area contributed by atoms with Crippen molar-refractivity contribution >= 4 is 6.16 Å². The monoisotopic (exact) mass is 238 g/mol. The molecule has 0 atom stereocenters. The smallest absolute Gasteiger partial charge is 0.429 e. The lowest BCUT2D eigenvalue weighted by atomic mass is 9.78. The summed E-state index contributed by atoms with van der Waals surface area (Å²) in [6.45, 7) is 11.9. The average molecular weight is 238 g/mol. The number of carbonyl (C=O) groups excluding carboxylic acids is 1. The average Bonchev–Trinajstić information content (AvgIpc) is 2.20. The molecule has 3 heteroatoms. The zero-order valence-corrected chi connectivity index (χ0v) is 11.3. The van der Waals surface area contributed by atoms with Crippen molar-refractivity contribution in [3.63, 3.8) is 0 Å². The van der Waals surface area contributed by atoms with Crippen LogP contribution in [-0.2, 0) is 9.47 Å². The van der Waals surface area contributed by atoms with Gasteiger partial charge in [0.15, 0.2) is 0 Å². The van der Waals surface area contributed by atoms with Crippen LogP contribution in [0.5, 0.6) is 0 Å². The molecule has 0 bridgehead atoms. The van der Waals surface area contributed by atoms with E-state index in [9.17, 15) is 4.79 Å². The van der Waals surface area contributed by atoms with E-state index < -0.39 is 6.16 Å². The first-order valence-electron chi connectivity index (χ1n) is 6.02. The van der Waals surface area contributed by atoms with Crippen LogP contribution >= 0.6 is 0 Å². The van der Waals surface area contributed by atoms with Gasteiger partial charge < -0.3 is 9.47 Å². The fraction of sp³-hybridized carbons (Fsp3) is 0.643. The number of hydrogen-bond acceptors (Lipinski definition) is 3. The summed E-state index contributed by atoms with van der Waals surface area (Å²) in [6.07, 6.45) is 2.55. The molecule has 0 aromatic rings. The number of allylic oxidation sites excluding steroid dienone is 2. The third-order valence-electron chi connectivity index (χ3n) is 2.98. The molecule has 96 valence electrons. The maximum absolute atomic E-state index is 11.5. The van der Waals surface area contributed by atoms with Crippen LogP contribution in [0.4, 0.5) is 4.79 Å². The van der Waals surface area contributed by atoms with E-state index in [4.69, 9.17) is 9.47 Å². The first-order valence-corrected chi connectivity index (χ1v) is 6.02. The van der Waals surface area contributed by atoms with Gasteiger partial charge in [-0.25, -0.2) is 4.79 Å². The molecule has 1 aliphatic rings. The molecule has 0 amide bonds. The Morgan fingerprint density at radius 3 is 2.65 bits per heavy atom. The molecule has 0 fully saturated rings. The molecule has 17 heavy (non-hydrogen) atoms. The minimum atomic E-state index is -0.627. The molecule has 0 heterocycles. The summed E-state index contributed by atoms with van der Waals surface area (Å²) in [5.74, 6) is 0.774. The van der Waals surface area contributed by atoms with Crippen LogP contribution in [0.2, 0.25) is 0 Å². The molecule has 0 aromatic carbocycles. The van der Waals surface area contributed by atoms with Gasteiger partial charge in [-0.05, 0) is 44.3 Å². The Morgan fingerprint density at radius 1 is 1.47 bits per heavy atom. The maximum atomic E-state index is 11.5. The lowest BCUT2D eigenvalue weighted by Crippen LogP contribution is -2.24. The van der Waals surface area contributed by atoms with E-state index in [0.717, 1.165) is 36.2 Å². The number of hydrogen-bond donors (Lipinski definition) is 0. The summed E-state index contributed by atoms with van der Waals surface area (Å²) < 4.78 is 10.3. The van der Waals surface area contributed by atoms with Gasteiger partial charge in [0.2, 0.25) is 0 Å². The summed E-state index contributed by atoms with van der Waals surface area (Å²) >= 11 is 0. The SMILES string of the molecule is C=C(C)COC(=O)OC1=C(C)CCCC1(C)C. The molecule has 0 saturated heterocycles. The van der Waals surface area contributed by atoms with Gasteiger partial charge in [0.1, 0.15) is 12.4 Å². The van der Waals surface area contributed by atoms with Crippen molar-refractivity contribution in [3.8, 4) is 0 Å². The topological polar surface area (TPSA) is 35.5 Å². The summed E-state index contributed by atoms with van der Waals surface area (Å²) in [5, 5.41) is 0. The largest absolute Gasteiger partial charge is 0.513 e. The van der Waals surface area contributed by atoms with E-state index in [-0.39, 0.29) is 12.0 Å². The fourth-order valence-corrected chi connectivity index (χ4v) is 2.12. The van der Waals surface area contributed by atoms with Crippen molar-refractivity contribution < 1.29 is 14.3 Å². The molecule has 0 N–H and O–H groups in total. The molecule has 0 radical (unpaired) electrons. The van der Waals surface area contributed by atoms with E-state index in [1.165, 1.54) is 0 Å².